The second kappa shape index (κ2) is 8.06. The Morgan fingerprint density at radius 2 is 1.54 bits per heavy atom. The number of hydrogen-bond acceptors (Lipinski definition) is 5. The molecule has 7 nitrogen and oxygen atoms in total. The van der Waals surface area contributed by atoms with E-state index in [2.05, 4.69) is 10.6 Å². The number of rotatable bonds is 5. The van der Waals surface area contributed by atoms with E-state index >= 15 is 0 Å². The summed E-state index contributed by atoms with van der Waals surface area (Å²) in [6, 6.07) is 23.5. The third-order valence-corrected chi connectivity index (χ3v) is 7.57. The molecule has 3 aliphatic rings. The Morgan fingerprint density at radius 3 is 2.31 bits per heavy atom. The molecule has 0 radical (unpaired) electrons. The molecule has 4 atom stereocenters. The van der Waals surface area contributed by atoms with Crippen molar-refractivity contribution < 1.29 is 19.5 Å². The maximum Gasteiger partial charge on any atom is 0.250 e. The van der Waals surface area contributed by atoms with Crippen LogP contribution in [0.4, 0.5) is 5.69 Å². The van der Waals surface area contributed by atoms with Crippen molar-refractivity contribution in [1.82, 2.24) is 10.2 Å². The van der Waals surface area contributed by atoms with E-state index < -0.39 is 23.4 Å². The first-order valence-corrected chi connectivity index (χ1v) is 11.8. The van der Waals surface area contributed by atoms with Gasteiger partial charge in [0.15, 0.2) is 0 Å². The van der Waals surface area contributed by atoms with Crippen LogP contribution in [0.2, 0.25) is 0 Å². The van der Waals surface area contributed by atoms with Crippen LogP contribution in [-0.2, 0) is 32.8 Å². The molecular weight excluding hydrogens is 442 g/mol. The standard InChI is InChI=1S/C28H25N3O4/c32-19-12-10-18(11-13-19)16-22-23-24(28(30-22)20-8-4-5-9-21(20)29-27(28)35)26(34)31(25(23)33)15-14-17-6-2-1-3-7-17/h1-13,22-24,30,32H,14-16H2,(H,29,35)/t22-,23-,24-,28-/m0/s1. The highest BCUT2D eigenvalue weighted by Gasteiger charge is 2.70. The van der Waals surface area contributed by atoms with Gasteiger partial charge in [-0.1, -0.05) is 60.7 Å². The molecule has 3 aromatic rings. The molecule has 3 aliphatic heterocycles. The third-order valence-electron chi connectivity index (χ3n) is 7.57. The number of para-hydroxylation sites is 1. The molecule has 35 heavy (non-hydrogen) atoms. The normalized spacial score (nSPS) is 26.8. The maximum atomic E-state index is 13.8. The van der Waals surface area contributed by atoms with Gasteiger partial charge in [0, 0.05) is 23.8 Å². The minimum absolute atomic E-state index is 0.158. The fraction of sp³-hybridized carbons (Fsp3) is 0.250. The van der Waals surface area contributed by atoms with Crippen molar-refractivity contribution in [2.24, 2.45) is 11.8 Å². The zero-order valence-electron chi connectivity index (χ0n) is 19.0. The number of aromatic hydroxyl groups is 1. The molecule has 7 heteroatoms. The molecule has 3 heterocycles. The lowest BCUT2D eigenvalue weighted by Gasteiger charge is -2.29. The van der Waals surface area contributed by atoms with Crippen molar-refractivity contribution in [1.29, 1.82) is 0 Å². The van der Waals surface area contributed by atoms with Crippen LogP contribution in [0.25, 0.3) is 0 Å². The Morgan fingerprint density at radius 1 is 0.829 bits per heavy atom. The minimum Gasteiger partial charge on any atom is -0.508 e. The van der Waals surface area contributed by atoms with Gasteiger partial charge in [-0.05, 0) is 42.2 Å². The number of hydrogen-bond donors (Lipinski definition) is 3. The van der Waals surface area contributed by atoms with Gasteiger partial charge in [0.25, 0.3) is 0 Å². The van der Waals surface area contributed by atoms with Crippen LogP contribution in [-0.4, -0.2) is 40.3 Å². The van der Waals surface area contributed by atoms with Crippen LogP contribution in [0.15, 0.2) is 78.9 Å². The molecule has 3 amide bonds. The number of phenols is 1. The summed E-state index contributed by atoms with van der Waals surface area (Å²) in [5.41, 5.74) is 2.03. The topological polar surface area (TPSA) is 98.7 Å². The van der Waals surface area contributed by atoms with Gasteiger partial charge in [-0.25, -0.2) is 0 Å². The summed E-state index contributed by atoms with van der Waals surface area (Å²) in [5, 5.41) is 16.0. The Labute approximate surface area is 202 Å². The van der Waals surface area contributed by atoms with Crippen LogP contribution >= 0.6 is 0 Å². The summed E-state index contributed by atoms with van der Waals surface area (Å²) in [7, 11) is 0. The van der Waals surface area contributed by atoms with Crippen LogP contribution in [0.1, 0.15) is 16.7 Å². The van der Waals surface area contributed by atoms with Crippen molar-refractivity contribution in [2.45, 2.75) is 24.4 Å². The van der Waals surface area contributed by atoms with E-state index in [0.29, 0.717) is 24.1 Å². The SMILES string of the molecule is O=C1[C@H]2[C@H](Cc3ccc(O)cc3)N[C@]3(C(=O)Nc4ccccc43)[C@@H]2C(=O)N1CCc1ccccc1. The van der Waals surface area contributed by atoms with E-state index in [1.54, 1.807) is 24.3 Å². The van der Waals surface area contributed by atoms with Crippen LogP contribution in [0, 0.1) is 11.8 Å². The molecule has 1 spiro atoms. The number of nitrogens with zero attached hydrogens (tertiary/aromatic N) is 1. The Hall–Kier alpha value is -3.97. The molecule has 6 rings (SSSR count). The van der Waals surface area contributed by atoms with E-state index in [1.807, 2.05) is 54.6 Å². The Bertz CT molecular complexity index is 1320. The second-order valence-electron chi connectivity index (χ2n) is 9.50. The molecule has 0 aliphatic carbocycles. The molecule has 0 saturated carbocycles. The zero-order valence-corrected chi connectivity index (χ0v) is 19.0. The van der Waals surface area contributed by atoms with Crippen LogP contribution in [0.3, 0.4) is 0 Å². The van der Waals surface area contributed by atoms with Gasteiger partial charge in [-0.15, -0.1) is 0 Å². The van der Waals surface area contributed by atoms with Crippen molar-refractivity contribution in [2.75, 3.05) is 11.9 Å². The smallest absolute Gasteiger partial charge is 0.250 e. The van der Waals surface area contributed by atoms with E-state index in [0.717, 1.165) is 11.1 Å². The van der Waals surface area contributed by atoms with Gasteiger partial charge >= 0.3 is 0 Å². The quantitative estimate of drug-likeness (QED) is 0.501. The average Bonchev–Trinajstić information content (AvgIpc) is 3.44. The molecule has 3 aromatic carbocycles. The third kappa shape index (κ3) is 3.26. The van der Waals surface area contributed by atoms with Crippen molar-refractivity contribution >= 4 is 23.4 Å². The predicted molar refractivity (Wildman–Crippen MR) is 129 cm³/mol. The lowest BCUT2D eigenvalue weighted by molar-refractivity contribution is -0.142. The van der Waals surface area contributed by atoms with E-state index in [4.69, 9.17) is 0 Å². The molecule has 0 aromatic heterocycles. The van der Waals surface area contributed by atoms with Crippen LogP contribution < -0.4 is 10.6 Å². The van der Waals surface area contributed by atoms with E-state index in [-0.39, 0.29) is 30.0 Å². The summed E-state index contributed by atoms with van der Waals surface area (Å²) in [6.45, 7) is 0.278. The van der Waals surface area contributed by atoms with Gasteiger partial charge in [-0.2, -0.15) is 0 Å². The largest absolute Gasteiger partial charge is 0.508 e. The first-order chi connectivity index (χ1) is 17.0. The van der Waals surface area contributed by atoms with Crippen LogP contribution in [0.5, 0.6) is 5.75 Å². The number of nitrogens with one attached hydrogen (secondary N) is 2. The molecule has 176 valence electrons. The molecular formula is C28H25N3O4. The van der Waals surface area contributed by atoms with Gasteiger partial charge in [-0.3, -0.25) is 24.6 Å². The predicted octanol–water partition coefficient (Wildman–Crippen LogP) is 2.60. The number of anilines is 1. The fourth-order valence-electron chi connectivity index (χ4n) is 5.98. The van der Waals surface area contributed by atoms with Gasteiger partial charge in [0.2, 0.25) is 17.7 Å². The number of carbonyl (C=O) groups excluding carboxylic acids is 3. The number of imide groups is 1. The Kier molecular flexibility index (Phi) is 4.96. The summed E-state index contributed by atoms with van der Waals surface area (Å²) < 4.78 is 0. The maximum absolute atomic E-state index is 13.8. The van der Waals surface area contributed by atoms with Crippen molar-refractivity contribution in [3.63, 3.8) is 0 Å². The van der Waals surface area contributed by atoms with E-state index in [9.17, 15) is 19.5 Å². The van der Waals surface area contributed by atoms with Gasteiger partial charge in [0.05, 0.1) is 11.8 Å². The first kappa shape index (κ1) is 21.6. The molecule has 3 N–H and O–H groups in total. The van der Waals surface area contributed by atoms with Crippen molar-refractivity contribution in [3.8, 4) is 5.75 Å². The van der Waals surface area contributed by atoms with Gasteiger partial charge in [0.1, 0.15) is 11.3 Å². The summed E-state index contributed by atoms with van der Waals surface area (Å²) >= 11 is 0. The zero-order chi connectivity index (χ0) is 24.2. The summed E-state index contributed by atoms with van der Waals surface area (Å²) in [4.78, 5) is 42.4. The molecule has 0 unspecified atom stereocenters. The number of phenolic OH excluding ortho intramolecular Hbond substituents is 1. The average molecular weight is 468 g/mol. The lowest BCUT2D eigenvalue weighted by atomic mass is 9.76. The fourth-order valence-corrected chi connectivity index (χ4v) is 5.98. The highest BCUT2D eigenvalue weighted by molar-refractivity contribution is 6.15. The number of amides is 3. The summed E-state index contributed by atoms with van der Waals surface area (Å²) in [6.07, 6.45) is 1.01. The molecule has 2 saturated heterocycles. The monoisotopic (exact) mass is 467 g/mol. The number of carbonyl (C=O) groups is 3. The number of likely N-dealkylation sites (tertiary alicyclic amines) is 1. The van der Waals surface area contributed by atoms with E-state index in [1.165, 1.54) is 4.90 Å². The Balaban J connectivity index is 1.39. The highest BCUT2D eigenvalue weighted by Crippen LogP contribution is 2.53. The number of benzene rings is 3. The highest BCUT2D eigenvalue weighted by atomic mass is 16.3. The first-order valence-electron chi connectivity index (χ1n) is 11.8. The molecule has 0 bridgehead atoms. The second-order valence-corrected chi connectivity index (χ2v) is 9.50. The molecule has 2 fully saturated rings. The minimum atomic E-state index is -1.29. The van der Waals surface area contributed by atoms with Gasteiger partial charge < -0.3 is 10.4 Å². The number of fused-ring (bicyclic) bond motifs is 4. The summed E-state index contributed by atoms with van der Waals surface area (Å²) in [5.74, 6) is -2.16. The van der Waals surface area contributed by atoms with Crippen molar-refractivity contribution in [3.05, 3.63) is 95.6 Å². The lowest BCUT2D eigenvalue weighted by Crippen LogP contribution is -2.53.